The van der Waals surface area contributed by atoms with E-state index in [-0.39, 0.29) is 5.41 Å². The number of anilines is 3. The van der Waals surface area contributed by atoms with Crippen LogP contribution < -0.4 is 4.90 Å². The molecule has 0 saturated carbocycles. The molecule has 3 nitrogen and oxygen atoms in total. The van der Waals surface area contributed by atoms with Gasteiger partial charge in [-0.2, -0.15) is 0 Å². The molecule has 1 aromatic heterocycles. The molecular formula is C47H35N3. The summed E-state index contributed by atoms with van der Waals surface area (Å²) < 4.78 is 0. The predicted octanol–water partition coefficient (Wildman–Crippen LogP) is 12.4. The number of para-hydroxylation sites is 1. The summed E-state index contributed by atoms with van der Waals surface area (Å²) in [6, 6.07) is 62.3. The Labute approximate surface area is 293 Å². The molecular weight excluding hydrogens is 607 g/mol. The van der Waals surface area contributed by atoms with Gasteiger partial charge in [-0.3, -0.25) is 4.90 Å². The van der Waals surface area contributed by atoms with E-state index >= 15 is 0 Å². The Morgan fingerprint density at radius 1 is 0.440 bits per heavy atom. The van der Waals surface area contributed by atoms with Gasteiger partial charge in [0, 0.05) is 27.6 Å². The summed E-state index contributed by atoms with van der Waals surface area (Å²) in [6.45, 7) is 4.65. The Hall–Kier alpha value is -6.32. The largest absolute Gasteiger partial charge is 0.279 e. The Morgan fingerprint density at radius 3 is 1.68 bits per heavy atom. The van der Waals surface area contributed by atoms with E-state index in [0.29, 0.717) is 5.95 Å². The van der Waals surface area contributed by atoms with Gasteiger partial charge in [0.1, 0.15) is 0 Å². The van der Waals surface area contributed by atoms with Crippen molar-refractivity contribution in [1.29, 1.82) is 0 Å². The van der Waals surface area contributed by atoms with Crippen LogP contribution in [0.15, 0.2) is 176 Å². The van der Waals surface area contributed by atoms with E-state index < -0.39 is 0 Å². The average molecular weight is 642 g/mol. The fourth-order valence-corrected chi connectivity index (χ4v) is 7.55. The summed E-state index contributed by atoms with van der Waals surface area (Å²) in [4.78, 5) is 13.0. The van der Waals surface area contributed by atoms with E-state index in [4.69, 9.17) is 9.97 Å². The molecule has 0 atom stereocenters. The monoisotopic (exact) mass is 641 g/mol. The van der Waals surface area contributed by atoms with Gasteiger partial charge in [0.15, 0.2) is 0 Å². The van der Waals surface area contributed by atoms with Crippen LogP contribution in [0.3, 0.4) is 0 Å². The molecule has 238 valence electrons. The average Bonchev–Trinajstić information content (AvgIpc) is 3.42. The molecule has 0 radical (unpaired) electrons. The topological polar surface area (TPSA) is 29.0 Å². The van der Waals surface area contributed by atoms with Crippen molar-refractivity contribution >= 4 is 28.2 Å². The van der Waals surface area contributed by atoms with E-state index in [0.717, 1.165) is 39.1 Å². The minimum atomic E-state index is -0.138. The fraction of sp³-hybridized carbons (Fsp3) is 0.0638. The first-order valence-corrected chi connectivity index (χ1v) is 17.2. The molecule has 0 unspecified atom stereocenters. The zero-order valence-electron chi connectivity index (χ0n) is 28.1. The highest BCUT2D eigenvalue weighted by molar-refractivity contribution is 5.97. The predicted molar refractivity (Wildman–Crippen MR) is 208 cm³/mol. The molecule has 7 aromatic carbocycles. The summed E-state index contributed by atoms with van der Waals surface area (Å²) in [7, 11) is 0. The first kappa shape index (κ1) is 29.8. The van der Waals surface area contributed by atoms with Crippen molar-refractivity contribution in [3.05, 3.63) is 187 Å². The van der Waals surface area contributed by atoms with Crippen LogP contribution in [0.4, 0.5) is 17.3 Å². The van der Waals surface area contributed by atoms with Gasteiger partial charge in [0.05, 0.1) is 16.9 Å². The van der Waals surface area contributed by atoms with E-state index in [9.17, 15) is 0 Å². The fourth-order valence-electron chi connectivity index (χ4n) is 7.55. The second-order valence-electron chi connectivity index (χ2n) is 13.5. The van der Waals surface area contributed by atoms with Crippen LogP contribution in [-0.2, 0) is 5.41 Å². The zero-order chi connectivity index (χ0) is 33.7. The van der Waals surface area contributed by atoms with Crippen LogP contribution in [0.5, 0.6) is 0 Å². The third-order valence-electron chi connectivity index (χ3n) is 10.1. The highest BCUT2D eigenvalue weighted by atomic mass is 15.3. The first-order valence-electron chi connectivity index (χ1n) is 17.2. The molecule has 0 saturated heterocycles. The van der Waals surface area contributed by atoms with Crippen LogP contribution in [0, 0.1) is 0 Å². The maximum absolute atomic E-state index is 5.44. The zero-order valence-corrected chi connectivity index (χ0v) is 28.1. The van der Waals surface area contributed by atoms with Gasteiger partial charge in [0.25, 0.3) is 0 Å². The molecule has 0 amide bonds. The van der Waals surface area contributed by atoms with Crippen LogP contribution >= 0.6 is 0 Å². The molecule has 1 aliphatic rings. The molecule has 0 N–H and O–H groups in total. The van der Waals surface area contributed by atoms with Gasteiger partial charge >= 0.3 is 0 Å². The lowest BCUT2D eigenvalue weighted by molar-refractivity contribution is 0.660. The minimum Gasteiger partial charge on any atom is -0.279 e. The van der Waals surface area contributed by atoms with Gasteiger partial charge < -0.3 is 0 Å². The van der Waals surface area contributed by atoms with Crippen LogP contribution in [0.1, 0.15) is 25.0 Å². The number of fused-ring (bicyclic) bond motifs is 4. The van der Waals surface area contributed by atoms with Crippen molar-refractivity contribution in [1.82, 2.24) is 9.97 Å². The molecule has 50 heavy (non-hydrogen) atoms. The minimum absolute atomic E-state index is 0.138. The van der Waals surface area contributed by atoms with Crippen molar-refractivity contribution in [3.8, 4) is 44.6 Å². The third kappa shape index (κ3) is 4.98. The molecule has 1 heterocycles. The lowest BCUT2D eigenvalue weighted by Crippen LogP contribution is -2.17. The smallest absolute Gasteiger partial charge is 0.235 e. The molecule has 1 aliphatic carbocycles. The maximum Gasteiger partial charge on any atom is 0.235 e. The Bertz CT molecular complexity index is 2480. The lowest BCUT2D eigenvalue weighted by Gasteiger charge is -2.28. The van der Waals surface area contributed by atoms with Crippen molar-refractivity contribution in [2.45, 2.75) is 19.3 Å². The number of benzene rings is 7. The highest BCUT2D eigenvalue weighted by Crippen LogP contribution is 2.54. The van der Waals surface area contributed by atoms with E-state index in [2.05, 4.69) is 195 Å². The first-order chi connectivity index (χ1) is 24.6. The molecule has 3 heteroatoms. The standard InChI is InChI=1S/C47H35N3/c1-47(2)40-20-11-9-18-38(40)44-41(47)21-13-23-43(44)50(37-30-28-35(29-31-37)33-16-7-4-8-17-33)46-48-42-22-12-10-19-39(42)45(49-46)36-26-24-34(25-27-36)32-14-5-3-6-15-32/h3-31H,1-2H3. The Balaban J connectivity index is 1.26. The second-order valence-corrected chi connectivity index (χ2v) is 13.5. The van der Waals surface area contributed by atoms with Crippen molar-refractivity contribution in [2.24, 2.45) is 0 Å². The number of aromatic nitrogens is 2. The van der Waals surface area contributed by atoms with E-state index in [1.165, 1.54) is 38.9 Å². The van der Waals surface area contributed by atoms with Gasteiger partial charge in [-0.1, -0.05) is 166 Å². The van der Waals surface area contributed by atoms with Crippen molar-refractivity contribution < 1.29 is 0 Å². The number of nitrogens with zero attached hydrogens (tertiary/aromatic N) is 3. The number of hydrogen-bond acceptors (Lipinski definition) is 3. The molecule has 9 rings (SSSR count). The van der Waals surface area contributed by atoms with Gasteiger partial charge in [-0.15, -0.1) is 0 Å². The van der Waals surface area contributed by atoms with Crippen molar-refractivity contribution in [3.63, 3.8) is 0 Å². The quantitative estimate of drug-likeness (QED) is 0.181. The summed E-state index contributed by atoms with van der Waals surface area (Å²) in [5, 5.41) is 1.02. The summed E-state index contributed by atoms with van der Waals surface area (Å²) >= 11 is 0. The third-order valence-corrected chi connectivity index (χ3v) is 10.1. The lowest BCUT2D eigenvalue weighted by atomic mass is 9.82. The van der Waals surface area contributed by atoms with E-state index in [1.807, 2.05) is 0 Å². The normalized spacial score (nSPS) is 12.8. The molecule has 0 spiro atoms. The van der Waals surface area contributed by atoms with Crippen molar-refractivity contribution in [2.75, 3.05) is 4.90 Å². The maximum atomic E-state index is 5.44. The Kier molecular flexibility index (Phi) is 7.14. The highest BCUT2D eigenvalue weighted by Gasteiger charge is 2.38. The molecule has 0 fully saturated rings. The van der Waals surface area contributed by atoms with Crippen LogP contribution in [0.25, 0.3) is 55.5 Å². The molecule has 0 aliphatic heterocycles. The Morgan fingerprint density at radius 2 is 0.980 bits per heavy atom. The number of hydrogen-bond donors (Lipinski definition) is 0. The molecule has 8 aromatic rings. The summed E-state index contributed by atoms with van der Waals surface area (Å²) in [5.41, 5.74) is 14.6. The molecule has 0 bridgehead atoms. The van der Waals surface area contributed by atoms with Crippen LogP contribution in [-0.4, -0.2) is 9.97 Å². The van der Waals surface area contributed by atoms with Gasteiger partial charge in [0.2, 0.25) is 5.95 Å². The van der Waals surface area contributed by atoms with Gasteiger partial charge in [-0.25, -0.2) is 9.97 Å². The SMILES string of the molecule is CC1(C)c2ccccc2-c2c(N(c3ccc(-c4ccccc4)cc3)c3nc(-c4ccc(-c5ccccc5)cc4)c4ccccc4n3)cccc21. The summed E-state index contributed by atoms with van der Waals surface area (Å²) in [6.07, 6.45) is 0. The second kappa shape index (κ2) is 12.0. The van der Waals surface area contributed by atoms with E-state index in [1.54, 1.807) is 0 Å². The van der Waals surface area contributed by atoms with Gasteiger partial charge in [-0.05, 0) is 63.2 Å². The van der Waals surface area contributed by atoms with Crippen LogP contribution in [0.2, 0.25) is 0 Å². The number of rotatable bonds is 6. The summed E-state index contributed by atoms with van der Waals surface area (Å²) in [5.74, 6) is 0.633.